The van der Waals surface area contributed by atoms with Crippen LogP contribution in [0.1, 0.15) is 59.8 Å². The van der Waals surface area contributed by atoms with Crippen LogP contribution in [0.3, 0.4) is 0 Å². The van der Waals surface area contributed by atoms with E-state index in [2.05, 4.69) is 37.9 Å². The fraction of sp³-hybridized carbons (Fsp3) is 1.00. The van der Waals surface area contributed by atoms with Crippen LogP contribution in [0.5, 0.6) is 0 Å². The monoisotopic (exact) mass is 252 g/mol. The second-order valence-corrected chi connectivity index (χ2v) is 8.04. The first-order valence-electron chi connectivity index (χ1n) is 7.83. The molecule has 0 saturated carbocycles. The summed E-state index contributed by atoms with van der Waals surface area (Å²) in [6.45, 7) is 14.7. The van der Waals surface area contributed by atoms with Gasteiger partial charge in [-0.05, 0) is 62.6 Å². The van der Waals surface area contributed by atoms with E-state index in [9.17, 15) is 0 Å². The van der Waals surface area contributed by atoms with Crippen molar-refractivity contribution in [1.29, 1.82) is 0 Å². The molecule has 0 aliphatic carbocycles. The Morgan fingerprint density at radius 1 is 1.00 bits per heavy atom. The summed E-state index contributed by atoms with van der Waals surface area (Å²) in [4.78, 5) is 2.80. The van der Waals surface area contributed by atoms with Gasteiger partial charge in [-0.2, -0.15) is 0 Å². The van der Waals surface area contributed by atoms with E-state index in [0.717, 1.165) is 6.04 Å². The zero-order valence-corrected chi connectivity index (χ0v) is 12.9. The lowest BCUT2D eigenvalue weighted by molar-refractivity contribution is 0.148. The first kappa shape index (κ1) is 14.3. The van der Waals surface area contributed by atoms with Crippen molar-refractivity contribution < 1.29 is 0 Å². The molecule has 2 aliphatic rings. The summed E-state index contributed by atoms with van der Waals surface area (Å²) in [5.41, 5.74) is 1.02. The molecule has 2 aliphatic heterocycles. The molecule has 1 atom stereocenters. The Labute approximate surface area is 114 Å². The van der Waals surface area contributed by atoms with E-state index in [1.54, 1.807) is 0 Å². The van der Waals surface area contributed by atoms with Crippen LogP contribution in [0.25, 0.3) is 0 Å². The number of hydrogen-bond donors (Lipinski definition) is 1. The van der Waals surface area contributed by atoms with Crippen LogP contribution in [0.2, 0.25) is 0 Å². The number of nitrogens with one attached hydrogen (secondary N) is 1. The number of rotatable bonds is 1. The molecule has 1 unspecified atom stereocenters. The number of hydrogen-bond acceptors (Lipinski definition) is 2. The van der Waals surface area contributed by atoms with E-state index < -0.39 is 0 Å². The molecule has 2 heterocycles. The Morgan fingerprint density at radius 3 is 2.56 bits per heavy atom. The van der Waals surface area contributed by atoms with Crippen molar-refractivity contribution in [2.24, 2.45) is 10.8 Å². The van der Waals surface area contributed by atoms with Crippen molar-refractivity contribution in [3.8, 4) is 0 Å². The fourth-order valence-electron chi connectivity index (χ4n) is 3.63. The van der Waals surface area contributed by atoms with Crippen LogP contribution in [0.4, 0.5) is 0 Å². The third-order valence-corrected chi connectivity index (χ3v) is 4.94. The van der Waals surface area contributed by atoms with E-state index in [-0.39, 0.29) is 0 Å². The third-order valence-electron chi connectivity index (χ3n) is 4.94. The zero-order chi connectivity index (χ0) is 13.2. The largest absolute Gasteiger partial charge is 0.316 e. The topological polar surface area (TPSA) is 15.3 Å². The third kappa shape index (κ3) is 3.96. The molecule has 2 nitrogen and oxygen atoms in total. The van der Waals surface area contributed by atoms with Crippen LogP contribution in [-0.4, -0.2) is 37.1 Å². The highest BCUT2D eigenvalue weighted by Crippen LogP contribution is 2.33. The van der Waals surface area contributed by atoms with Crippen molar-refractivity contribution in [3.63, 3.8) is 0 Å². The Morgan fingerprint density at radius 2 is 1.78 bits per heavy atom. The fourth-order valence-corrected chi connectivity index (χ4v) is 3.63. The van der Waals surface area contributed by atoms with Crippen LogP contribution in [-0.2, 0) is 0 Å². The lowest BCUT2D eigenvalue weighted by atomic mass is 9.85. The first-order valence-corrected chi connectivity index (χ1v) is 7.83. The van der Waals surface area contributed by atoms with Gasteiger partial charge in [0.15, 0.2) is 0 Å². The molecule has 106 valence electrons. The summed E-state index contributed by atoms with van der Waals surface area (Å²) in [7, 11) is 0. The molecule has 0 amide bonds. The van der Waals surface area contributed by atoms with Gasteiger partial charge in [-0.3, -0.25) is 0 Å². The molecular formula is C16H32N2. The van der Waals surface area contributed by atoms with Gasteiger partial charge >= 0.3 is 0 Å². The minimum Gasteiger partial charge on any atom is -0.316 e. The highest BCUT2D eigenvalue weighted by molar-refractivity contribution is 4.87. The van der Waals surface area contributed by atoms with Crippen LogP contribution in [0, 0.1) is 10.8 Å². The van der Waals surface area contributed by atoms with Gasteiger partial charge in [0.2, 0.25) is 0 Å². The van der Waals surface area contributed by atoms with Gasteiger partial charge in [0.05, 0.1) is 0 Å². The predicted octanol–water partition coefficient (Wildman–Crippen LogP) is 3.28. The summed E-state index contributed by atoms with van der Waals surface area (Å²) in [5, 5.41) is 3.61. The summed E-state index contributed by atoms with van der Waals surface area (Å²) in [6, 6.07) is 0.809. The van der Waals surface area contributed by atoms with E-state index in [4.69, 9.17) is 0 Å². The normalized spacial score (nSPS) is 33.7. The van der Waals surface area contributed by atoms with Gasteiger partial charge < -0.3 is 10.2 Å². The SMILES string of the molecule is CC1(C)CCCN(C2CCNCC(C)(C)C2)CC1. The molecule has 2 rings (SSSR count). The van der Waals surface area contributed by atoms with E-state index in [1.807, 2.05) is 0 Å². The minimum atomic E-state index is 0.461. The average molecular weight is 252 g/mol. The van der Waals surface area contributed by atoms with Crippen LogP contribution >= 0.6 is 0 Å². The standard InChI is InChI=1S/C16H32N2/c1-15(2)7-5-10-18(11-8-15)14-6-9-17-13-16(3,4)12-14/h14,17H,5-13H2,1-4H3. The Balaban J connectivity index is 1.97. The Hall–Kier alpha value is -0.0800. The molecule has 18 heavy (non-hydrogen) atoms. The van der Waals surface area contributed by atoms with Gasteiger partial charge in [0.25, 0.3) is 0 Å². The smallest absolute Gasteiger partial charge is 0.0113 e. The molecule has 2 fully saturated rings. The lowest BCUT2D eigenvalue weighted by Gasteiger charge is -2.34. The maximum atomic E-state index is 3.61. The van der Waals surface area contributed by atoms with Gasteiger partial charge in [-0.25, -0.2) is 0 Å². The summed E-state index contributed by atoms with van der Waals surface area (Å²) >= 11 is 0. The Bertz CT molecular complexity index is 270. The summed E-state index contributed by atoms with van der Waals surface area (Å²) < 4.78 is 0. The molecule has 2 saturated heterocycles. The Kier molecular flexibility index (Phi) is 4.38. The first-order chi connectivity index (χ1) is 8.38. The predicted molar refractivity (Wildman–Crippen MR) is 78.9 cm³/mol. The van der Waals surface area contributed by atoms with Crippen molar-refractivity contribution >= 4 is 0 Å². The molecule has 0 bridgehead atoms. The maximum Gasteiger partial charge on any atom is 0.0113 e. The van der Waals surface area contributed by atoms with Gasteiger partial charge in [-0.1, -0.05) is 27.7 Å². The van der Waals surface area contributed by atoms with Gasteiger partial charge in [-0.15, -0.1) is 0 Å². The van der Waals surface area contributed by atoms with Crippen molar-refractivity contribution in [1.82, 2.24) is 10.2 Å². The van der Waals surface area contributed by atoms with E-state index >= 15 is 0 Å². The summed E-state index contributed by atoms with van der Waals surface area (Å²) in [6.07, 6.45) is 6.86. The van der Waals surface area contributed by atoms with Gasteiger partial charge in [0, 0.05) is 12.6 Å². The molecule has 2 heteroatoms. The highest BCUT2D eigenvalue weighted by Gasteiger charge is 2.32. The van der Waals surface area contributed by atoms with Crippen molar-refractivity contribution in [3.05, 3.63) is 0 Å². The average Bonchev–Trinajstić information content (AvgIpc) is 2.53. The van der Waals surface area contributed by atoms with Crippen LogP contribution in [0.15, 0.2) is 0 Å². The summed E-state index contributed by atoms with van der Waals surface area (Å²) in [5.74, 6) is 0. The minimum absolute atomic E-state index is 0.461. The lowest BCUT2D eigenvalue weighted by Crippen LogP contribution is -2.39. The number of likely N-dealkylation sites (tertiary alicyclic amines) is 1. The second-order valence-electron chi connectivity index (χ2n) is 8.04. The maximum absolute atomic E-state index is 3.61. The molecule has 0 aromatic heterocycles. The number of nitrogens with zero attached hydrogens (tertiary/aromatic N) is 1. The van der Waals surface area contributed by atoms with E-state index in [1.165, 1.54) is 58.3 Å². The second kappa shape index (κ2) is 5.50. The molecule has 0 aromatic carbocycles. The molecule has 1 N–H and O–H groups in total. The zero-order valence-electron chi connectivity index (χ0n) is 12.9. The van der Waals surface area contributed by atoms with Crippen molar-refractivity contribution in [2.75, 3.05) is 26.2 Å². The van der Waals surface area contributed by atoms with E-state index in [0.29, 0.717) is 10.8 Å². The quantitative estimate of drug-likeness (QED) is 0.770. The van der Waals surface area contributed by atoms with Crippen LogP contribution < -0.4 is 5.32 Å². The van der Waals surface area contributed by atoms with Crippen molar-refractivity contribution in [2.45, 2.75) is 65.8 Å². The molecule has 0 spiro atoms. The molecule has 0 radical (unpaired) electrons. The highest BCUT2D eigenvalue weighted by atomic mass is 15.2. The van der Waals surface area contributed by atoms with Gasteiger partial charge in [0.1, 0.15) is 0 Å². The molecular weight excluding hydrogens is 220 g/mol. The molecule has 0 aromatic rings.